The fourth-order valence-corrected chi connectivity index (χ4v) is 2.86. The third-order valence-electron chi connectivity index (χ3n) is 4.25. The van der Waals surface area contributed by atoms with E-state index in [1.807, 2.05) is 18.8 Å². The summed E-state index contributed by atoms with van der Waals surface area (Å²) in [4.78, 5) is 0. The fourth-order valence-electron chi connectivity index (χ4n) is 2.86. The van der Waals surface area contributed by atoms with Crippen LogP contribution in [0.4, 0.5) is 0 Å². The Bertz CT molecular complexity index is 615. The lowest BCUT2D eigenvalue weighted by Crippen LogP contribution is -2.19. The molecule has 0 amide bonds. The minimum Gasteiger partial charge on any atom is -0.309 e. The fraction of sp³-hybridized carbons (Fsp3) is 0.500. The van der Waals surface area contributed by atoms with Crippen molar-refractivity contribution in [2.75, 3.05) is 7.05 Å². The molecule has 1 aromatic heterocycles. The lowest BCUT2D eigenvalue weighted by atomic mass is 9.85. The van der Waals surface area contributed by atoms with E-state index >= 15 is 0 Å². The molecule has 1 aromatic carbocycles. The normalized spacial score (nSPS) is 13.5. The van der Waals surface area contributed by atoms with Gasteiger partial charge in [-0.25, -0.2) is 0 Å². The van der Waals surface area contributed by atoms with Crippen molar-refractivity contribution < 1.29 is 0 Å². The Hall–Kier alpha value is -1.61. The Morgan fingerprint density at radius 3 is 2.05 bits per heavy atom. The summed E-state index contributed by atoms with van der Waals surface area (Å²) in [5.74, 6) is 0. The molecule has 0 saturated carbocycles. The predicted octanol–water partition coefficient (Wildman–Crippen LogP) is 3.64. The highest BCUT2D eigenvalue weighted by molar-refractivity contribution is 5.39. The van der Waals surface area contributed by atoms with Crippen molar-refractivity contribution in [2.45, 2.75) is 46.1 Å². The van der Waals surface area contributed by atoms with Crippen molar-refractivity contribution >= 4 is 0 Å². The Morgan fingerprint density at radius 1 is 1.10 bits per heavy atom. The summed E-state index contributed by atoms with van der Waals surface area (Å²) in [5.41, 5.74) is 6.42. The first-order chi connectivity index (χ1) is 9.75. The van der Waals surface area contributed by atoms with Crippen LogP contribution in [0.2, 0.25) is 0 Å². The molecule has 2 aromatic rings. The number of nitrogens with zero attached hydrogens (tertiary/aromatic N) is 2. The van der Waals surface area contributed by atoms with E-state index in [0.29, 0.717) is 0 Å². The maximum atomic E-state index is 4.54. The number of rotatable bonds is 3. The zero-order valence-corrected chi connectivity index (χ0v) is 14.3. The molecule has 2 rings (SSSR count). The zero-order valence-electron chi connectivity index (χ0n) is 14.3. The van der Waals surface area contributed by atoms with Crippen LogP contribution in [0, 0.1) is 13.8 Å². The summed E-state index contributed by atoms with van der Waals surface area (Å²) in [6.07, 6.45) is 0. The van der Waals surface area contributed by atoms with E-state index in [9.17, 15) is 0 Å². The van der Waals surface area contributed by atoms with Crippen molar-refractivity contribution in [2.24, 2.45) is 7.05 Å². The van der Waals surface area contributed by atoms with Gasteiger partial charge in [-0.2, -0.15) is 5.10 Å². The van der Waals surface area contributed by atoms with Crippen LogP contribution < -0.4 is 5.32 Å². The molecule has 0 saturated heterocycles. The molecule has 1 unspecified atom stereocenters. The standard InChI is InChI=1S/C18H27N3/c1-12-16(13(2)21(7)20-12)17(19-6)14-8-10-15(11-9-14)18(3,4)5/h8-11,17,19H,1-7H3. The minimum absolute atomic E-state index is 0.188. The molecule has 3 heteroatoms. The van der Waals surface area contributed by atoms with Gasteiger partial charge in [-0.05, 0) is 37.4 Å². The Labute approximate surface area is 128 Å². The first-order valence-electron chi connectivity index (χ1n) is 7.53. The topological polar surface area (TPSA) is 29.9 Å². The number of hydrogen-bond donors (Lipinski definition) is 1. The monoisotopic (exact) mass is 285 g/mol. The van der Waals surface area contributed by atoms with Crippen molar-refractivity contribution in [3.05, 3.63) is 52.3 Å². The average Bonchev–Trinajstić information content (AvgIpc) is 2.66. The van der Waals surface area contributed by atoms with Crippen molar-refractivity contribution in [1.82, 2.24) is 15.1 Å². The number of aryl methyl sites for hydroxylation is 2. The van der Waals surface area contributed by atoms with Gasteiger partial charge in [-0.1, -0.05) is 45.0 Å². The van der Waals surface area contributed by atoms with Crippen molar-refractivity contribution in [3.8, 4) is 0 Å². The molecule has 0 bridgehead atoms. The molecule has 114 valence electrons. The van der Waals surface area contributed by atoms with Gasteiger partial charge in [-0.15, -0.1) is 0 Å². The predicted molar refractivity (Wildman–Crippen MR) is 88.7 cm³/mol. The van der Waals surface area contributed by atoms with Crippen LogP contribution in [-0.2, 0) is 12.5 Å². The van der Waals surface area contributed by atoms with Gasteiger partial charge in [0.2, 0.25) is 0 Å². The second-order valence-corrected chi connectivity index (χ2v) is 6.80. The van der Waals surface area contributed by atoms with Crippen LogP contribution in [-0.4, -0.2) is 16.8 Å². The highest BCUT2D eigenvalue weighted by Gasteiger charge is 2.21. The van der Waals surface area contributed by atoms with E-state index in [2.05, 4.69) is 69.3 Å². The highest BCUT2D eigenvalue weighted by Crippen LogP contribution is 2.29. The molecule has 1 N–H and O–H groups in total. The zero-order chi connectivity index (χ0) is 15.8. The quantitative estimate of drug-likeness (QED) is 0.933. The van der Waals surface area contributed by atoms with E-state index < -0.39 is 0 Å². The van der Waals surface area contributed by atoms with Crippen molar-refractivity contribution in [1.29, 1.82) is 0 Å². The maximum Gasteiger partial charge on any atom is 0.0647 e. The summed E-state index contributed by atoms with van der Waals surface area (Å²) in [6.45, 7) is 10.9. The summed E-state index contributed by atoms with van der Waals surface area (Å²) < 4.78 is 1.96. The Balaban J connectivity index is 2.42. The average molecular weight is 285 g/mol. The molecular formula is C18H27N3. The van der Waals surface area contributed by atoms with E-state index in [-0.39, 0.29) is 11.5 Å². The van der Waals surface area contributed by atoms with Crippen LogP contribution in [0.15, 0.2) is 24.3 Å². The van der Waals surface area contributed by atoms with Crippen LogP contribution in [0.1, 0.15) is 54.9 Å². The SMILES string of the molecule is CNC(c1ccc(C(C)(C)C)cc1)c1c(C)nn(C)c1C. The Morgan fingerprint density at radius 2 is 1.67 bits per heavy atom. The molecule has 0 aliphatic rings. The van der Waals surface area contributed by atoms with Gasteiger partial charge in [-0.3, -0.25) is 4.68 Å². The molecular weight excluding hydrogens is 258 g/mol. The molecule has 0 fully saturated rings. The van der Waals surface area contributed by atoms with E-state index in [4.69, 9.17) is 0 Å². The minimum atomic E-state index is 0.188. The molecule has 3 nitrogen and oxygen atoms in total. The molecule has 0 aliphatic carbocycles. The largest absolute Gasteiger partial charge is 0.309 e. The second kappa shape index (κ2) is 5.64. The highest BCUT2D eigenvalue weighted by atomic mass is 15.3. The van der Waals surface area contributed by atoms with Gasteiger partial charge in [0.05, 0.1) is 11.7 Å². The van der Waals surface area contributed by atoms with Crippen LogP contribution >= 0.6 is 0 Å². The van der Waals surface area contributed by atoms with Crippen LogP contribution in [0.5, 0.6) is 0 Å². The van der Waals surface area contributed by atoms with Crippen LogP contribution in [0.25, 0.3) is 0 Å². The number of hydrogen-bond acceptors (Lipinski definition) is 2. The molecule has 0 radical (unpaired) electrons. The van der Waals surface area contributed by atoms with Gasteiger partial charge < -0.3 is 5.32 Å². The van der Waals surface area contributed by atoms with Crippen molar-refractivity contribution in [3.63, 3.8) is 0 Å². The van der Waals surface area contributed by atoms with E-state index in [0.717, 1.165) is 5.69 Å². The first-order valence-corrected chi connectivity index (χ1v) is 7.53. The molecule has 1 heterocycles. The molecule has 0 spiro atoms. The molecule has 21 heavy (non-hydrogen) atoms. The summed E-state index contributed by atoms with van der Waals surface area (Å²) in [6, 6.07) is 9.12. The second-order valence-electron chi connectivity index (χ2n) is 6.80. The number of benzene rings is 1. The lowest BCUT2D eigenvalue weighted by molar-refractivity contribution is 0.589. The van der Waals surface area contributed by atoms with Gasteiger partial charge in [0.25, 0.3) is 0 Å². The summed E-state index contributed by atoms with van der Waals surface area (Å²) in [5, 5.41) is 7.97. The first kappa shape index (κ1) is 15.8. The van der Waals surface area contributed by atoms with E-state index in [1.165, 1.54) is 22.4 Å². The van der Waals surface area contributed by atoms with Crippen LogP contribution in [0.3, 0.4) is 0 Å². The lowest BCUT2D eigenvalue weighted by Gasteiger charge is -2.22. The number of aromatic nitrogens is 2. The summed E-state index contributed by atoms with van der Waals surface area (Å²) in [7, 11) is 4.01. The van der Waals surface area contributed by atoms with Gasteiger partial charge in [0.1, 0.15) is 0 Å². The summed E-state index contributed by atoms with van der Waals surface area (Å²) >= 11 is 0. The smallest absolute Gasteiger partial charge is 0.0647 e. The maximum absolute atomic E-state index is 4.54. The van der Waals surface area contributed by atoms with Gasteiger partial charge in [0, 0.05) is 18.3 Å². The van der Waals surface area contributed by atoms with Gasteiger partial charge in [0.15, 0.2) is 0 Å². The molecule has 0 aliphatic heterocycles. The van der Waals surface area contributed by atoms with Gasteiger partial charge >= 0.3 is 0 Å². The molecule has 1 atom stereocenters. The third kappa shape index (κ3) is 3.03. The number of nitrogens with one attached hydrogen (secondary N) is 1. The third-order valence-corrected chi connectivity index (χ3v) is 4.25. The Kier molecular flexibility index (Phi) is 4.24. The van der Waals surface area contributed by atoms with E-state index in [1.54, 1.807) is 0 Å².